The van der Waals surface area contributed by atoms with Crippen LogP contribution in [0.2, 0.25) is 0 Å². The van der Waals surface area contributed by atoms with Crippen LogP contribution in [-0.4, -0.2) is 38.1 Å². The van der Waals surface area contributed by atoms with E-state index in [0.29, 0.717) is 12.8 Å². The van der Waals surface area contributed by atoms with E-state index < -0.39 is 27.0 Å². The molecule has 278 valence electrons. The summed E-state index contributed by atoms with van der Waals surface area (Å²) in [7, 11) is -4.88. The molecule has 0 saturated heterocycles. The van der Waals surface area contributed by atoms with Gasteiger partial charge in [-0.1, -0.05) is 181 Å². The molecular weight excluding hydrogens is 647 g/mol. The minimum atomic E-state index is -4.88. The van der Waals surface area contributed by atoms with Gasteiger partial charge in [0.05, 0.1) is 29.2 Å². The van der Waals surface area contributed by atoms with E-state index in [2.05, 4.69) is 13.8 Å². The molecule has 0 N–H and O–H groups in total. The largest absolute Gasteiger partial charge is 1.00 e. The molecule has 0 aromatic heterocycles. The molecule has 0 aliphatic heterocycles. The molecule has 0 radical (unpaired) electrons. The van der Waals surface area contributed by atoms with Gasteiger partial charge in [-0.3, -0.25) is 0 Å². The average Bonchev–Trinajstić information content (AvgIpc) is 3.07. The molecule has 1 rings (SSSR count). The molecular formula is C40H69NaO7S. The maximum atomic E-state index is 12.7. The standard InChI is InChI=1S/C40H70O7S.Na/c1-3-5-7-9-11-13-15-17-19-21-23-25-27-29-31-46-39(41)36-33-37(35-38(34-36)48(43,44)45)40(42)47-32-30-28-26-24-22-20-18-16-14-12-10-8-6-4-2;/h33-35H,3-32H2,1-2H3,(H,43,44,45);/q;+1/p-1. The van der Waals surface area contributed by atoms with E-state index >= 15 is 0 Å². The van der Waals surface area contributed by atoms with Gasteiger partial charge in [0.25, 0.3) is 0 Å². The van der Waals surface area contributed by atoms with Crippen LogP contribution in [0, 0.1) is 0 Å². The van der Waals surface area contributed by atoms with Crippen LogP contribution in [-0.2, 0) is 19.6 Å². The first kappa shape index (κ1) is 48.1. The van der Waals surface area contributed by atoms with Gasteiger partial charge in [-0.15, -0.1) is 0 Å². The molecule has 1 aromatic rings. The Morgan fingerprint density at radius 3 is 0.959 bits per heavy atom. The Morgan fingerprint density at radius 2 is 0.714 bits per heavy atom. The van der Waals surface area contributed by atoms with Crippen LogP contribution >= 0.6 is 0 Å². The number of carbonyl (C=O) groups is 2. The average molecular weight is 717 g/mol. The third kappa shape index (κ3) is 27.4. The first-order valence-corrected chi connectivity index (χ1v) is 21.2. The Hall–Kier alpha value is -0.930. The second-order valence-corrected chi connectivity index (χ2v) is 15.0. The fraction of sp³-hybridized carbons (Fsp3) is 0.800. The van der Waals surface area contributed by atoms with Crippen molar-refractivity contribution in [1.82, 2.24) is 0 Å². The monoisotopic (exact) mass is 716 g/mol. The topological polar surface area (TPSA) is 110 Å². The summed E-state index contributed by atoms with van der Waals surface area (Å²) >= 11 is 0. The Kier molecular flexibility index (Phi) is 32.3. The van der Waals surface area contributed by atoms with Gasteiger partial charge in [0, 0.05) is 0 Å². The molecule has 0 bridgehead atoms. The summed E-state index contributed by atoms with van der Waals surface area (Å²) in [5, 5.41) is 0. The fourth-order valence-corrected chi connectivity index (χ4v) is 6.61. The van der Waals surface area contributed by atoms with Gasteiger partial charge >= 0.3 is 41.5 Å². The van der Waals surface area contributed by atoms with Crippen molar-refractivity contribution in [2.75, 3.05) is 13.2 Å². The summed E-state index contributed by atoms with van der Waals surface area (Å²) in [4.78, 5) is 24.7. The van der Waals surface area contributed by atoms with E-state index in [1.54, 1.807) is 0 Å². The van der Waals surface area contributed by atoms with E-state index in [0.717, 1.165) is 37.8 Å². The molecule has 49 heavy (non-hydrogen) atoms. The van der Waals surface area contributed by atoms with Crippen LogP contribution in [0.15, 0.2) is 23.1 Å². The number of rotatable bonds is 33. The van der Waals surface area contributed by atoms with Gasteiger partial charge in [0.1, 0.15) is 10.1 Å². The Labute approximate surface area is 322 Å². The summed E-state index contributed by atoms with van der Waals surface area (Å²) < 4.78 is 45.9. The van der Waals surface area contributed by atoms with Crippen molar-refractivity contribution < 1.29 is 61.6 Å². The maximum absolute atomic E-state index is 12.7. The van der Waals surface area contributed by atoms with Crippen LogP contribution in [0.5, 0.6) is 0 Å². The van der Waals surface area contributed by atoms with E-state index in [1.165, 1.54) is 147 Å². The number of ether oxygens (including phenoxy) is 2. The fourth-order valence-electron chi connectivity index (χ4n) is 6.07. The molecule has 9 heteroatoms. The molecule has 0 unspecified atom stereocenters. The number of benzene rings is 1. The number of hydrogen-bond acceptors (Lipinski definition) is 7. The van der Waals surface area contributed by atoms with E-state index in [9.17, 15) is 22.6 Å². The van der Waals surface area contributed by atoms with Crippen LogP contribution in [0.1, 0.15) is 214 Å². The number of hydrogen-bond donors (Lipinski definition) is 0. The molecule has 1 aromatic carbocycles. The third-order valence-corrected chi connectivity index (χ3v) is 9.94. The summed E-state index contributed by atoms with van der Waals surface area (Å²) in [5.74, 6) is -1.51. The molecule has 7 nitrogen and oxygen atoms in total. The molecule has 0 aliphatic rings. The maximum Gasteiger partial charge on any atom is 1.00 e. The van der Waals surface area contributed by atoms with E-state index in [1.807, 2.05) is 0 Å². The first-order chi connectivity index (χ1) is 23.3. The van der Waals surface area contributed by atoms with Crippen molar-refractivity contribution in [2.45, 2.75) is 199 Å². The normalized spacial score (nSPS) is 11.3. The van der Waals surface area contributed by atoms with Gasteiger partial charge < -0.3 is 14.0 Å². The summed E-state index contributed by atoms with van der Waals surface area (Å²) in [6.45, 7) is 4.89. The predicted octanol–water partition coefficient (Wildman–Crippen LogP) is 8.87. The van der Waals surface area contributed by atoms with Crippen molar-refractivity contribution in [3.63, 3.8) is 0 Å². The summed E-state index contributed by atoms with van der Waals surface area (Å²) in [6.07, 6.45) is 34.2. The van der Waals surface area contributed by atoms with Gasteiger partial charge in [-0.25, -0.2) is 18.0 Å². The molecule has 0 saturated carbocycles. The summed E-state index contributed by atoms with van der Waals surface area (Å²) in [5.41, 5.74) is -0.276. The third-order valence-electron chi connectivity index (χ3n) is 9.13. The van der Waals surface area contributed by atoms with Crippen LogP contribution < -0.4 is 29.6 Å². The second-order valence-electron chi connectivity index (χ2n) is 13.7. The van der Waals surface area contributed by atoms with Gasteiger partial charge in [0.15, 0.2) is 0 Å². The Bertz CT molecular complexity index is 996. The van der Waals surface area contributed by atoms with Crippen LogP contribution in [0.3, 0.4) is 0 Å². The predicted molar refractivity (Wildman–Crippen MR) is 196 cm³/mol. The minimum Gasteiger partial charge on any atom is -0.744 e. The van der Waals surface area contributed by atoms with E-state index in [4.69, 9.17) is 9.47 Å². The molecule has 0 spiro atoms. The Balaban J connectivity index is 0.0000230. The smallest absolute Gasteiger partial charge is 0.744 e. The number of carbonyl (C=O) groups excluding carboxylic acids is 2. The van der Waals surface area contributed by atoms with E-state index in [-0.39, 0.29) is 53.9 Å². The van der Waals surface area contributed by atoms with Crippen LogP contribution in [0.4, 0.5) is 0 Å². The molecule has 0 heterocycles. The molecule has 0 fully saturated rings. The van der Waals surface area contributed by atoms with Gasteiger partial charge in [-0.2, -0.15) is 0 Å². The molecule has 0 atom stereocenters. The SMILES string of the molecule is CCCCCCCCCCCCCCCCOC(=O)c1cc(C(=O)OCCCCCCCCCCCCCCCC)cc(S(=O)(=O)[O-])c1.[Na+]. The summed E-state index contributed by atoms with van der Waals surface area (Å²) in [6, 6.07) is 3.19. The van der Waals surface area contributed by atoms with Crippen LogP contribution in [0.25, 0.3) is 0 Å². The minimum absolute atomic E-state index is 0. The van der Waals surface area contributed by atoms with Crippen molar-refractivity contribution in [1.29, 1.82) is 0 Å². The first-order valence-electron chi connectivity index (χ1n) is 19.7. The molecule has 0 amide bonds. The zero-order chi connectivity index (χ0) is 35.1. The van der Waals surface area contributed by atoms with Crippen molar-refractivity contribution in [3.05, 3.63) is 29.3 Å². The van der Waals surface area contributed by atoms with Gasteiger partial charge in [0.2, 0.25) is 0 Å². The number of esters is 2. The molecule has 0 aliphatic carbocycles. The quantitative estimate of drug-likeness (QED) is 0.0309. The van der Waals surface area contributed by atoms with Crippen molar-refractivity contribution in [3.8, 4) is 0 Å². The zero-order valence-electron chi connectivity index (χ0n) is 31.7. The Morgan fingerprint density at radius 1 is 0.469 bits per heavy atom. The van der Waals surface area contributed by atoms with Crippen molar-refractivity contribution in [2.24, 2.45) is 0 Å². The van der Waals surface area contributed by atoms with Crippen molar-refractivity contribution >= 4 is 22.1 Å². The second kappa shape index (κ2) is 32.9. The zero-order valence-corrected chi connectivity index (χ0v) is 34.5. The van der Waals surface area contributed by atoms with Gasteiger partial charge in [-0.05, 0) is 31.0 Å². The number of unbranched alkanes of at least 4 members (excludes halogenated alkanes) is 26.